The van der Waals surface area contributed by atoms with Gasteiger partial charge < -0.3 is 10.6 Å². The molecule has 0 spiro atoms. The third-order valence-electron chi connectivity index (χ3n) is 4.56. The highest BCUT2D eigenvalue weighted by atomic mass is 127. The molecule has 0 bridgehead atoms. The van der Waals surface area contributed by atoms with Gasteiger partial charge in [-0.25, -0.2) is 0 Å². The lowest BCUT2D eigenvalue weighted by atomic mass is 10.1. The summed E-state index contributed by atoms with van der Waals surface area (Å²) in [6.07, 6.45) is 3.73. The van der Waals surface area contributed by atoms with Crippen molar-refractivity contribution in [2.24, 2.45) is 4.99 Å². The van der Waals surface area contributed by atoms with E-state index in [-0.39, 0.29) is 24.0 Å². The Morgan fingerprint density at radius 1 is 1.08 bits per heavy atom. The Morgan fingerprint density at radius 3 is 2.46 bits per heavy atom. The molecular formula is C20H29IN4S. The molecule has 2 heterocycles. The van der Waals surface area contributed by atoms with Crippen LogP contribution >= 0.6 is 35.3 Å². The summed E-state index contributed by atoms with van der Waals surface area (Å²) >= 11 is 1.80. The van der Waals surface area contributed by atoms with E-state index >= 15 is 0 Å². The van der Waals surface area contributed by atoms with E-state index in [1.165, 1.54) is 41.9 Å². The number of hydrogen-bond acceptors (Lipinski definition) is 3. The lowest BCUT2D eigenvalue weighted by Crippen LogP contribution is -2.37. The fraction of sp³-hybridized carbons (Fsp3) is 0.450. The zero-order chi connectivity index (χ0) is 17.3. The van der Waals surface area contributed by atoms with Crippen molar-refractivity contribution in [2.75, 3.05) is 26.7 Å². The molecule has 0 saturated carbocycles. The Morgan fingerprint density at radius 2 is 1.81 bits per heavy atom. The number of nitrogens with one attached hydrogen (secondary N) is 2. The van der Waals surface area contributed by atoms with E-state index in [1.807, 2.05) is 7.05 Å². The molecule has 1 aromatic carbocycles. The fourth-order valence-corrected chi connectivity index (χ4v) is 3.84. The van der Waals surface area contributed by atoms with Crippen LogP contribution in [0, 0.1) is 0 Å². The van der Waals surface area contributed by atoms with Crippen molar-refractivity contribution in [3.63, 3.8) is 0 Å². The average molecular weight is 484 g/mol. The zero-order valence-corrected chi connectivity index (χ0v) is 18.6. The monoisotopic (exact) mass is 484 g/mol. The second kappa shape index (κ2) is 11.6. The number of guanidine groups is 1. The minimum Gasteiger partial charge on any atom is -0.356 e. The van der Waals surface area contributed by atoms with E-state index in [0.29, 0.717) is 0 Å². The van der Waals surface area contributed by atoms with Crippen molar-refractivity contribution < 1.29 is 0 Å². The van der Waals surface area contributed by atoms with E-state index in [9.17, 15) is 0 Å². The molecular weight excluding hydrogens is 455 g/mol. The highest BCUT2D eigenvalue weighted by Crippen LogP contribution is 2.13. The summed E-state index contributed by atoms with van der Waals surface area (Å²) in [5.41, 5.74) is 2.69. The van der Waals surface area contributed by atoms with E-state index in [0.717, 1.165) is 32.0 Å². The molecule has 0 radical (unpaired) electrons. The first kappa shape index (κ1) is 21.2. The molecule has 0 unspecified atom stereocenters. The normalized spacial score (nSPS) is 14.9. The fourth-order valence-electron chi connectivity index (χ4n) is 3.13. The summed E-state index contributed by atoms with van der Waals surface area (Å²) in [4.78, 5) is 8.23. The quantitative estimate of drug-likeness (QED) is 0.356. The summed E-state index contributed by atoms with van der Waals surface area (Å²) < 4.78 is 0. The van der Waals surface area contributed by atoms with Crippen molar-refractivity contribution >= 4 is 41.3 Å². The Kier molecular flexibility index (Phi) is 9.42. The molecule has 6 heteroatoms. The highest BCUT2D eigenvalue weighted by Gasteiger charge is 2.11. The Labute approximate surface area is 178 Å². The predicted molar refractivity (Wildman–Crippen MR) is 123 cm³/mol. The van der Waals surface area contributed by atoms with Crippen molar-refractivity contribution in [3.05, 3.63) is 57.8 Å². The summed E-state index contributed by atoms with van der Waals surface area (Å²) in [5.74, 6) is 0.859. The van der Waals surface area contributed by atoms with Crippen LogP contribution in [0.1, 0.15) is 28.8 Å². The van der Waals surface area contributed by atoms with Crippen LogP contribution in [-0.4, -0.2) is 37.5 Å². The van der Waals surface area contributed by atoms with Gasteiger partial charge in [-0.05, 0) is 54.9 Å². The predicted octanol–water partition coefficient (Wildman–Crippen LogP) is 3.87. The number of nitrogens with zero attached hydrogens (tertiary/aromatic N) is 2. The number of hydrogen-bond donors (Lipinski definition) is 2. The molecule has 4 nitrogen and oxygen atoms in total. The molecule has 1 aliphatic rings. The van der Waals surface area contributed by atoms with Gasteiger partial charge in [0, 0.05) is 31.6 Å². The van der Waals surface area contributed by atoms with E-state index in [1.54, 1.807) is 11.3 Å². The number of thiophene rings is 1. The molecule has 1 saturated heterocycles. The van der Waals surface area contributed by atoms with Gasteiger partial charge in [0.15, 0.2) is 5.96 Å². The molecule has 2 N–H and O–H groups in total. The Hall–Kier alpha value is -1.12. The number of aliphatic imine (C=N–C) groups is 1. The van der Waals surface area contributed by atoms with Crippen LogP contribution in [-0.2, 0) is 19.5 Å². The maximum absolute atomic E-state index is 4.30. The highest BCUT2D eigenvalue weighted by molar-refractivity contribution is 14.0. The van der Waals surface area contributed by atoms with Gasteiger partial charge in [-0.2, -0.15) is 0 Å². The zero-order valence-electron chi connectivity index (χ0n) is 15.4. The largest absolute Gasteiger partial charge is 0.356 e. The molecule has 1 aliphatic heterocycles. The summed E-state index contributed by atoms with van der Waals surface area (Å²) in [5, 5.41) is 8.89. The van der Waals surface area contributed by atoms with Crippen molar-refractivity contribution in [3.8, 4) is 0 Å². The summed E-state index contributed by atoms with van der Waals surface area (Å²) in [7, 11) is 1.82. The number of halogens is 1. The van der Waals surface area contributed by atoms with Crippen molar-refractivity contribution in [2.45, 2.75) is 32.4 Å². The standard InChI is InChI=1S/C20H28N4S.HI/c1-21-20(22-11-10-19-5-4-14-25-19)23-15-17-6-8-18(9-7-17)16-24-12-2-3-13-24;/h4-9,14H,2-3,10-13,15-16H2,1H3,(H2,21,22,23);1H. The van der Waals surface area contributed by atoms with Gasteiger partial charge in [-0.1, -0.05) is 30.3 Å². The smallest absolute Gasteiger partial charge is 0.191 e. The van der Waals surface area contributed by atoms with Gasteiger partial charge >= 0.3 is 0 Å². The summed E-state index contributed by atoms with van der Waals surface area (Å²) in [6.45, 7) is 5.27. The number of likely N-dealkylation sites (tertiary alicyclic amines) is 1. The van der Waals surface area contributed by atoms with Crippen molar-refractivity contribution in [1.29, 1.82) is 0 Å². The Bertz CT molecular complexity index is 649. The van der Waals surface area contributed by atoms with Gasteiger partial charge in [0.1, 0.15) is 0 Å². The Balaban J connectivity index is 0.00000243. The lowest BCUT2D eigenvalue weighted by Gasteiger charge is -2.15. The second-order valence-corrected chi connectivity index (χ2v) is 7.51. The maximum atomic E-state index is 4.30. The molecule has 2 aromatic rings. The topological polar surface area (TPSA) is 39.7 Å². The molecule has 142 valence electrons. The van der Waals surface area contributed by atoms with Gasteiger partial charge in [-0.3, -0.25) is 9.89 Å². The van der Waals surface area contributed by atoms with Gasteiger partial charge in [-0.15, -0.1) is 35.3 Å². The molecule has 3 rings (SSSR count). The van der Waals surface area contributed by atoms with Crippen LogP contribution < -0.4 is 10.6 Å². The average Bonchev–Trinajstić information content (AvgIpc) is 3.33. The molecule has 1 fully saturated rings. The third-order valence-corrected chi connectivity index (χ3v) is 5.49. The van der Waals surface area contributed by atoms with Gasteiger partial charge in [0.2, 0.25) is 0 Å². The minimum atomic E-state index is 0. The molecule has 0 aliphatic carbocycles. The molecule has 1 aromatic heterocycles. The van der Waals surface area contributed by atoms with Crippen LogP contribution in [0.3, 0.4) is 0 Å². The number of benzene rings is 1. The molecule has 0 amide bonds. The van der Waals surface area contributed by atoms with E-state index in [4.69, 9.17) is 0 Å². The molecule has 26 heavy (non-hydrogen) atoms. The second-order valence-electron chi connectivity index (χ2n) is 6.48. The van der Waals surface area contributed by atoms with E-state index in [2.05, 4.69) is 62.3 Å². The first-order chi connectivity index (χ1) is 12.3. The maximum Gasteiger partial charge on any atom is 0.191 e. The minimum absolute atomic E-state index is 0. The molecule has 0 atom stereocenters. The SMILES string of the molecule is CN=C(NCCc1cccs1)NCc1ccc(CN2CCCC2)cc1.I. The number of rotatable bonds is 7. The van der Waals surface area contributed by atoms with Crippen LogP contribution in [0.5, 0.6) is 0 Å². The van der Waals surface area contributed by atoms with Gasteiger partial charge in [0.05, 0.1) is 0 Å². The van der Waals surface area contributed by atoms with Crippen LogP contribution in [0.25, 0.3) is 0 Å². The summed E-state index contributed by atoms with van der Waals surface area (Å²) in [6, 6.07) is 13.2. The lowest BCUT2D eigenvalue weighted by molar-refractivity contribution is 0.331. The van der Waals surface area contributed by atoms with Crippen LogP contribution in [0.4, 0.5) is 0 Å². The third kappa shape index (κ3) is 6.89. The first-order valence-corrected chi connectivity index (χ1v) is 9.98. The van der Waals surface area contributed by atoms with Crippen LogP contribution in [0.2, 0.25) is 0 Å². The van der Waals surface area contributed by atoms with Gasteiger partial charge in [0.25, 0.3) is 0 Å². The van der Waals surface area contributed by atoms with Crippen LogP contribution in [0.15, 0.2) is 46.8 Å². The first-order valence-electron chi connectivity index (χ1n) is 9.10. The van der Waals surface area contributed by atoms with E-state index < -0.39 is 0 Å². The van der Waals surface area contributed by atoms with Crippen molar-refractivity contribution in [1.82, 2.24) is 15.5 Å².